The molecule has 0 aromatic heterocycles. The number of carboxylic acid groups (broad SMARTS) is 1. The van der Waals surface area contributed by atoms with E-state index in [0.717, 1.165) is 31.6 Å². The Morgan fingerprint density at radius 2 is 1.68 bits per heavy atom. The Balaban J connectivity index is 0.000000769. The Morgan fingerprint density at radius 3 is 2.18 bits per heavy atom. The van der Waals surface area contributed by atoms with Gasteiger partial charge in [-0.05, 0) is 25.0 Å². The fraction of sp³-hybridized carbons (Fsp3) is 0.550. The first kappa shape index (κ1) is 25.2. The number of unbranched alkanes of at least 4 members (excludes halogenated alkanes) is 4. The van der Waals surface area contributed by atoms with Crippen molar-refractivity contribution in [1.82, 2.24) is 15.5 Å². The number of aromatic hydroxyl groups is 1. The number of nitrogens with zero attached hydrogens (tertiary/aromatic N) is 2. The number of carbonyl (C=O) groups excluding carboxylic acids is 1. The highest BCUT2D eigenvalue weighted by Crippen LogP contribution is 2.15. The highest BCUT2D eigenvalue weighted by molar-refractivity contribution is 5.96. The largest absolute Gasteiger partial charge is 0.507 e. The summed E-state index contributed by atoms with van der Waals surface area (Å²) in [7, 11) is 7.49. The molecule has 0 saturated heterocycles. The standard InChI is InChI=1S/C15H21NO4.C5H13N3/c17-13-9-6-5-8-12(13)15(20)16-11-7-3-1-2-4-10-14(18)19;1-6-5(7-2)8(3)4/h5-6,8-9,17H,1-4,7,10-11H2,(H,16,20)(H,18,19);1-4H3,(H,6,7). The lowest BCUT2D eigenvalue weighted by Crippen LogP contribution is -2.33. The third-order valence-electron chi connectivity index (χ3n) is 3.86. The van der Waals surface area contributed by atoms with E-state index in [0.29, 0.717) is 13.0 Å². The Kier molecular flexibility index (Phi) is 13.8. The summed E-state index contributed by atoms with van der Waals surface area (Å²) < 4.78 is 0. The van der Waals surface area contributed by atoms with Gasteiger partial charge in [0.2, 0.25) is 0 Å². The highest BCUT2D eigenvalue weighted by Gasteiger charge is 2.08. The Morgan fingerprint density at radius 1 is 1.07 bits per heavy atom. The van der Waals surface area contributed by atoms with Crippen LogP contribution in [0, 0.1) is 0 Å². The molecular weight excluding hydrogens is 360 g/mol. The van der Waals surface area contributed by atoms with Gasteiger partial charge in [-0.2, -0.15) is 0 Å². The number of hydrogen-bond donors (Lipinski definition) is 4. The maximum atomic E-state index is 11.7. The average molecular weight is 395 g/mol. The van der Waals surface area contributed by atoms with Gasteiger partial charge in [0.1, 0.15) is 5.75 Å². The fourth-order valence-electron chi connectivity index (χ4n) is 2.43. The second-order valence-electron chi connectivity index (χ2n) is 6.38. The van der Waals surface area contributed by atoms with E-state index in [9.17, 15) is 14.7 Å². The fourth-order valence-corrected chi connectivity index (χ4v) is 2.43. The molecule has 0 spiro atoms. The molecule has 0 aliphatic heterocycles. The molecule has 0 aliphatic rings. The maximum Gasteiger partial charge on any atom is 0.303 e. The third kappa shape index (κ3) is 11.8. The van der Waals surface area contributed by atoms with E-state index in [-0.39, 0.29) is 23.6 Å². The number of carboxylic acids is 1. The zero-order valence-electron chi connectivity index (χ0n) is 17.4. The van der Waals surface area contributed by atoms with Gasteiger partial charge in [-0.25, -0.2) is 0 Å². The van der Waals surface area contributed by atoms with Crippen LogP contribution >= 0.6 is 0 Å². The summed E-state index contributed by atoms with van der Waals surface area (Å²) in [6, 6.07) is 6.44. The molecule has 0 heterocycles. The lowest BCUT2D eigenvalue weighted by atomic mass is 10.1. The topological polar surface area (TPSA) is 114 Å². The molecule has 8 nitrogen and oxygen atoms in total. The van der Waals surface area contributed by atoms with Crippen LogP contribution in [0.1, 0.15) is 48.9 Å². The zero-order valence-corrected chi connectivity index (χ0v) is 17.4. The van der Waals surface area contributed by atoms with Crippen LogP contribution in [0.2, 0.25) is 0 Å². The van der Waals surface area contributed by atoms with Crippen LogP contribution < -0.4 is 10.6 Å². The van der Waals surface area contributed by atoms with Crippen LogP contribution in [0.5, 0.6) is 5.75 Å². The molecule has 0 radical (unpaired) electrons. The molecule has 8 heteroatoms. The van der Waals surface area contributed by atoms with Gasteiger partial charge in [0, 0.05) is 41.2 Å². The molecular formula is C20H34N4O4. The quantitative estimate of drug-likeness (QED) is 0.290. The van der Waals surface area contributed by atoms with Crippen molar-refractivity contribution in [2.45, 2.75) is 38.5 Å². The van der Waals surface area contributed by atoms with Gasteiger partial charge in [-0.3, -0.25) is 14.6 Å². The Labute approximate surface area is 167 Å². The lowest BCUT2D eigenvalue weighted by molar-refractivity contribution is -0.137. The molecule has 4 N–H and O–H groups in total. The number of hydrogen-bond acceptors (Lipinski definition) is 4. The summed E-state index contributed by atoms with van der Waals surface area (Å²) >= 11 is 0. The number of benzene rings is 1. The second-order valence-corrected chi connectivity index (χ2v) is 6.38. The van der Waals surface area contributed by atoms with Crippen LogP contribution in [0.4, 0.5) is 0 Å². The van der Waals surface area contributed by atoms with E-state index in [4.69, 9.17) is 5.11 Å². The Hall–Kier alpha value is -2.77. The number of phenols is 1. The van der Waals surface area contributed by atoms with Crippen molar-refractivity contribution in [3.05, 3.63) is 29.8 Å². The summed E-state index contributed by atoms with van der Waals surface area (Å²) in [6.07, 6.45) is 4.62. The molecule has 0 saturated carbocycles. The van der Waals surface area contributed by atoms with E-state index in [1.165, 1.54) is 6.07 Å². The summed E-state index contributed by atoms with van der Waals surface area (Å²) in [5.41, 5.74) is 0.286. The number of aliphatic carboxylic acids is 1. The van der Waals surface area contributed by atoms with Gasteiger partial charge >= 0.3 is 5.97 Å². The van der Waals surface area contributed by atoms with Crippen molar-refractivity contribution < 1.29 is 19.8 Å². The van der Waals surface area contributed by atoms with Gasteiger partial charge in [0.25, 0.3) is 5.91 Å². The van der Waals surface area contributed by atoms with Crippen molar-refractivity contribution >= 4 is 17.8 Å². The van der Waals surface area contributed by atoms with E-state index in [1.54, 1.807) is 25.2 Å². The van der Waals surface area contributed by atoms with Crippen molar-refractivity contribution in [3.63, 3.8) is 0 Å². The van der Waals surface area contributed by atoms with Gasteiger partial charge in [-0.1, -0.05) is 31.4 Å². The number of amides is 1. The molecule has 28 heavy (non-hydrogen) atoms. The number of aliphatic imine (C=N–C) groups is 1. The minimum absolute atomic E-state index is 0.0151. The predicted octanol–water partition coefficient (Wildman–Crippen LogP) is 2.30. The van der Waals surface area contributed by atoms with Crippen LogP contribution in [-0.2, 0) is 4.79 Å². The molecule has 0 unspecified atom stereocenters. The molecule has 1 rings (SSSR count). The monoisotopic (exact) mass is 394 g/mol. The summed E-state index contributed by atoms with van der Waals surface area (Å²) in [5.74, 6) is -0.141. The van der Waals surface area contributed by atoms with Gasteiger partial charge in [0.05, 0.1) is 5.56 Å². The molecule has 158 valence electrons. The number of para-hydroxylation sites is 1. The summed E-state index contributed by atoms with van der Waals surface area (Å²) in [5, 5.41) is 23.7. The maximum absolute atomic E-state index is 11.7. The van der Waals surface area contributed by atoms with E-state index in [2.05, 4.69) is 15.6 Å². The van der Waals surface area contributed by atoms with Gasteiger partial charge < -0.3 is 25.7 Å². The van der Waals surface area contributed by atoms with Crippen molar-refractivity contribution in [2.75, 3.05) is 34.7 Å². The molecule has 0 aliphatic carbocycles. The van der Waals surface area contributed by atoms with Gasteiger partial charge in [-0.15, -0.1) is 0 Å². The SMILES string of the molecule is CN=C(NC)N(C)C.O=C(O)CCCCCCCNC(=O)c1ccccc1O. The minimum atomic E-state index is -0.750. The lowest BCUT2D eigenvalue weighted by Gasteiger charge is -2.12. The highest BCUT2D eigenvalue weighted by atomic mass is 16.4. The summed E-state index contributed by atoms with van der Waals surface area (Å²) in [6.45, 7) is 0.562. The van der Waals surface area contributed by atoms with Crippen LogP contribution in [0.15, 0.2) is 29.3 Å². The second kappa shape index (κ2) is 15.3. The molecule has 0 fully saturated rings. The number of carbonyl (C=O) groups is 2. The first-order valence-electron chi connectivity index (χ1n) is 9.43. The van der Waals surface area contributed by atoms with Gasteiger partial charge in [0.15, 0.2) is 5.96 Å². The van der Waals surface area contributed by atoms with E-state index < -0.39 is 5.97 Å². The average Bonchev–Trinajstić information content (AvgIpc) is 2.65. The number of guanidine groups is 1. The first-order valence-corrected chi connectivity index (χ1v) is 9.43. The molecule has 1 amide bonds. The molecule has 1 aromatic rings. The molecule has 0 bridgehead atoms. The third-order valence-corrected chi connectivity index (χ3v) is 3.86. The van der Waals surface area contributed by atoms with E-state index >= 15 is 0 Å². The minimum Gasteiger partial charge on any atom is -0.507 e. The predicted molar refractivity (Wildman–Crippen MR) is 112 cm³/mol. The molecule has 1 aromatic carbocycles. The van der Waals surface area contributed by atoms with Crippen LogP contribution in [-0.4, -0.2) is 67.7 Å². The number of rotatable bonds is 9. The Bertz CT molecular complexity index is 618. The van der Waals surface area contributed by atoms with E-state index in [1.807, 2.05) is 26.0 Å². The normalized spacial score (nSPS) is 10.5. The zero-order chi connectivity index (χ0) is 21.4. The van der Waals surface area contributed by atoms with Crippen molar-refractivity contribution in [3.8, 4) is 5.75 Å². The van der Waals surface area contributed by atoms with Crippen molar-refractivity contribution in [1.29, 1.82) is 0 Å². The number of nitrogens with one attached hydrogen (secondary N) is 2. The number of phenolic OH excluding ortho intramolecular Hbond substituents is 1. The smallest absolute Gasteiger partial charge is 0.303 e. The first-order chi connectivity index (χ1) is 13.3. The van der Waals surface area contributed by atoms with Crippen molar-refractivity contribution in [2.24, 2.45) is 4.99 Å². The van der Waals surface area contributed by atoms with Crippen LogP contribution in [0.25, 0.3) is 0 Å². The molecule has 0 atom stereocenters. The van der Waals surface area contributed by atoms with Crippen LogP contribution in [0.3, 0.4) is 0 Å². The summed E-state index contributed by atoms with van der Waals surface area (Å²) in [4.78, 5) is 27.9.